The van der Waals surface area contributed by atoms with E-state index < -0.39 is 0 Å². The van der Waals surface area contributed by atoms with Crippen LogP contribution in [-0.2, 0) is 0 Å². The number of aliphatic imine (C=N–C) groups is 1. The Kier molecular flexibility index (Phi) is 9.56. The van der Waals surface area contributed by atoms with Gasteiger partial charge >= 0.3 is 0 Å². The van der Waals surface area contributed by atoms with Crippen molar-refractivity contribution in [1.82, 2.24) is 4.90 Å². The van der Waals surface area contributed by atoms with Crippen molar-refractivity contribution in [2.75, 3.05) is 31.1 Å². The van der Waals surface area contributed by atoms with E-state index in [0.29, 0.717) is 6.54 Å². The number of non-ortho nitro benzene ring substituents is 1. The summed E-state index contributed by atoms with van der Waals surface area (Å²) in [5.41, 5.74) is 3.72. The number of nitro groups is 1. The molecule has 1 aliphatic rings. The molecule has 3 rings (SSSR count). The van der Waals surface area contributed by atoms with Crippen molar-refractivity contribution in [3.05, 3.63) is 69.8 Å². The van der Waals surface area contributed by atoms with E-state index in [1.165, 1.54) is 0 Å². The smallest absolute Gasteiger partial charge is 0.270 e. The van der Waals surface area contributed by atoms with Crippen LogP contribution in [0.5, 0.6) is 0 Å². The number of fused-ring (bicyclic) bond motifs is 1. The second kappa shape index (κ2) is 11.1. The molecule has 29 heavy (non-hydrogen) atoms. The van der Waals surface area contributed by atoms with E-state index in [4.69, 9.17) is 4.99 Å². The van der Waals surface area contributed by atoms with Gasteiger partial charge in [0.1, 0.15) is 0 Å². The summed E-state index contributed by atoms with van der Waals surface area (Å²) in [5, 5.41) is 11.4. The molecule has 1 aliphatic heterocycles. The van der Waals surface area contributed by atoms with Gasteiger partial charge in [0.2, 0.25) is 0 Å². The number of halogens is 2. The van der Waals surface area contributed by atoms with E-state index in [9.17, 15) is 10.1 Å². The summed E-state index contributed by atoms with van der Waals surface area (Å²) in [6.07, 6.45) is 0.186. The standard InChI is InChI=1S/C21H26N4O2.2ClH/c1-4-23(5-2)16(3)24-14-13-22-21(17-9-7-6-8-10-17)19-15-18(25(26)27)11-12-20(19)24;;/h6-12,15-16H,4-5,13-14H2,1-3H3;2*1H. The van der Waals surface area contributed by atoms with E-state index in [0.717, 1.165) is 42.2 Å². The van der Waals surface area contributed by atoms with Crippen LogP contribution in [-0.4, -0.2) is 47.9 Å². The summed E-state index contributed by atoms with van der Waals surface area (Å²) in [5.74, 6) is 0. The normalized spacial score (nSPS) is 14.1. The number of anilines is 1. The number of hydrogen-bond acceptors (Lipinski definition) is 5. The van der Waals surface area contributed by atoms with Gasteiger partial charge in [0.25, 0.3) is 5.69 Å². The third kappa shape index (κ3) is 5.26. The third-order valence-electron chi connectivity index (χ3n) is 5.21. The average Bonchev–Trinajstić information content (AvgIpc) is 2.88. The van der Waals surface area contributed by atoms with Gasteiger partial charge in [-0.15, -0.1) is 24.8 Å². The number of hydrogen-bond donors (Lipinski definition) is 0. The van der Waals surface area contributed by atoms with E-state index in [1.807, 2.05) is 36.4 Å². The quantitative estimate of drug-likeness (QED) is 0.480. The second-order valence-corrected chi connectivity index (χ2v) is 6.60. The number of rotatable bonds is 6. The maximum atomic E-state index is 11.4. The van der Waals surface area contributed by atoms with Gasteiger partial charge in [-0.25, -0.2) is 0 Å². The Morgan fingerprint density at radius 2 is 1.79 bits per heavy atom. The van der Waals surface area contributed by atoms with Crippen LogP contribution in [0.15, 0.2) is 53.5 Å². The molecular weight excluding hydrogens is 411 g/mol. The topological polar surface area (TPSA) is 62.0 Å². The zero-order chi connectivity index (χ0) is 19.4. The predicted octanol–water partition coefficient (Wildman–Crippen LogP) is 4.78. The van der Waals surface area contributed by atoms with Gasteiger partial charge in [-0.3, -0.25) is 20.0 Å². The molecular formula is C21H28Cl2N4O2. The Morgan fingerprint density at radius 3 is 2.38 bits per heavy atom. The molecule has 0 bridgehead atoms. The van der Waals surface area contributed by atoms with Crippen LogP contribution in [0, 0.1) is 10.1 Å². The van der Waals surface area contributed by atoms with Crippen molar-refractivity contribution >= 4 is 41.9 Å². The number of nitrogens with zero attached hydrogens (tertiary/aromatic N) is 4. The lowest BCUT2D eigenvalue weighted by atomic mass is 9.99. The Bertz CT molecular complexity index is 842. The van der Waals surface area contributed by atoms with E-state index in [1.54, 1.807) is 12.1 Å². The lowest BCUT2D eigenvalue weighted by Crippen LogP contribution is -2.47. The first-order valence-corrected chi connectivity index (χ1v) is 9.46. The average molecular weight is 439 g/mol. The molecule has 8 heteroatoms. The van der Waals surface area contributed by atoms with Gasteiger partial charge in [-0.2, -0.15) is 0 Å². The molecule has 0 aromatic heterocycles. The van der Waals surface area contributed by atoms with Gasteiger partial charge in [-0.1, -0.05) is 44.2 Å². The highest BCUT2D eigenvalue weighted by atomic mass is 35.5. The third-order valence-corrected chi connectivity index (χ3v) is 5.21. The number of benzene rings is 2. The van der Waals surface area contributed by atoms with Gasteiger partial charge < -0.3 is 4.90 Å². The van der Waals surface area contributed by atoms with Crippen LogP contribution in [0.3, 0.4) is 0 Å². The fourth-order valence-corrected chi connectivity index (χ4v) is 3.73. The van der Waals surface area contributed by atoms with Gasteiger partial charge in [0.05, 0.1) is 23.3 Å². The van der Waals surface area contributed by atoms with E-state index >= 15 is 0 Å². The van der Waals surface area contributed by atoms with Crippen molar-refractivity contribution in [3.63, 3.8) is 0 Å². The lowest BCUT2D eigenvalue weighted by Gasteiger charge is -2.38. The minimum Gasteiger partial charge on any atom is -0.354 e. The van der Waals surface area contributed by atoms with Crippen molar-refractivity contribution in [2.45, 2.75) is 26.9 Å². The Morgan fingerprint density at radius 1 is 1.14 bits per heavy atom. The van der Waals surface area contributed by atoms with Crippen molar-refractivity contribution in [2.24, 2.45) is 4.99 Å². The molecule has 0 fully saturated rings. The van der Waals surface area contributed by atoms with Crippen LogP contribution in [0.25, 0.3) is 0 Å². The van der Waals surface area contributed by atoms with Crippen LogP contribution in [0.1, 0.15) is 31.9 Å². The first kappa shape index (κ1) is 24.9. The molecule has 1 heterocycles. The zero-order valence-electron chi connectivity index (χ0n) is 16.9. The van der Waals surface area contributed by atoms with Crippen LogP contribution >= 0.6 is 24.8 Å². The summed E-state index contributed by atoms with van der Waals surface area (Å²) in [6.45, 7) is 9.82. The summed E-state index contributed by atoms with van der Waals surface area (Å²) in [4.78, 5) is 20.5. The predicted molar refractivity (Wildman–Crippen MR) is 124 cm³/mol. The summed E-state index contributed by atoms with van der Waals surface area (Å²) < 4.78 is 0. The van der Waals surface area contributed by atoms with Crippen LogP contribution < -0.4 is 4.90 Å². The largest absolute Gasteiger partial charge is 0.354 e. The number of nitro benzene ring substituents is 1. The highest BCUT2D eigenvalue weighted by molar-refractivity contribution is 6.16. The van der Waals surface area contributed by atoms with Gasteiger partial charge in [0, 0.05) is 35.5 Å². The summed E-state index contributed by atoms with van der Waals surface area (Å²) in [6, 6.07) is 15.0. The first-order chi connectivity index (χ1) is 13.1. The molecule has 158 valence electrons. The fourth-order valence-electron chi connectivity index (χ4n) is 3.73. The zero-order valence-corrected chi connectivity index (χ0v) is 18.6. The van der Waals surface area contributed by atoms with Crippen LogP contribution in [0.2, 0.25) is 0 Å². The fraction of sp³-hybridized carbons (Fsp3) is 0.381. The minimum atomic E-state index is -0.341. The van der Waals surface area contributed by atoms with E-state index in [2.05, 4.69) is 30.6 Å². The Balaban J connectivity index is 0.00000210. The SMILES string of the molecule is CCN(CC)C(C)N1CCN=C(c2ccccc2)c2cc([N+](=O)[O-])ccc21.Cl.Cl. The van der Waals surface area contributed by atoms with Crippen molar-refractivity contribution in [3.8, 4) is 0 Å². The van der Waals surface area contributed by atoms with Gasteiger partial charge in [-0.05, 0) is 26.1 Å². The minimum absolute atomic E-state index is 0. The second-order valence-electron chi connectivity index (χ2n) is 6.60. The maximum Gasteiger partial charge on any atom is 0.270 e. The molecule has 0 saturated carbocycles. The molecule has 0 amide bonds. The molecule has 2 aromatic carbocycles. The molecule has 0 saturated heterocycles. The summed E-state index contributed by atoms with van der Waals surface area (Å²) >= 11 is 0. The van der Waals surface area contributed by atoms with Gasteiger partial charge in [0.15, 0.2) is 0 Å². The molecule has 1 atom stereocenters. The lowest BCUT2D eigenvalue weighted by molar-refractivity contribution is -0.384. The molecule has 1 unspecified atom stereocenters. The van der Waals surface area contributed by atoms with E-state index in [-0.39, 0.29) is 41.6 Å². The highest BCUT2D eigenvalue weighted by Gasteiger charge is 2.27. The van der Waals surface area contributed by atoms with Crippen LogP contribution in [0.4, 0.5) is 11.4 Å². The molecule has 0 aliphatic carbocycles. The van der Waals surface area contributed by atoms with Crippen molar-refractivity contribution in [1.29, 1.82) is 0 Å². The van der Waals surface area contributed by atoms with Crippen molar-refractivity contribution < 1.29 is 4.92 Å². The number of benzodiazepines with no additional fused rings is 1. The maximum absolute atomic E-state index is 11.4. The Hall–Kier alpha value is -2.15. The molecule has 6 nitrogen and oxygen atoms in total. The monoisotopic (exact) mass is 438 g/mol. The molecule has 0 N–H and O–H groups in total. The molecule has 2 aromatic rings. The molecule has 0 radical (unpaired) electrons. The first-order valence-electron chi connectivity index (χ1n) is 9.46. The molecule has 0 spiro atoms. The Labute approximate surface area is 184 Å². The highest BCUT2D eigenvalue weighted by Crippen LogP contribution is 2.31. The summed E-state index contributed by atoms with van der Waals surface area (Å²) in [7, 11) is 0.